The maximum absolute atomic E-state index is 12.4. The van der Waals surface area contributed by atoms with Gasteiger partial charge in [0, 0.05) is 18.2 Å². The van der Waals surface area contributed by atoms with E-state index in [1.165, 1.54) is 0 Å². The summed E-state index contributed by atoms with van der Waals surface area (Å²) in [5, 5.41) is 3.19. The van der Waals surface area contributed by atoms with E-state index in [0.717, 1.165) is 0 Å². The second kappa shape index (κ2) is 6.81. The fourth-order valence-electron chi connectivity index (χ4n) is 1.45. The monoisotopic (exact) mass is 380 g/mol. The molecule has 0 aliphatic heterocycles. The zero-order valence-electron chi connectivity index (χ0n) is 13.5. The van der Waals surface area contributed by atoms with E-state index in [-0.39, 0.29) is 21.0 Å². The van der Waals surface area contributed by atoms with Gasteiger partial charge < -0.3 is 9.73 Å². The molecule has 1 heterocycles. The highest BCUT2D eigenvalue weighted by atomic mass is 79.9. The van der Waals surface area contributed by atoms with Crippen molar-refractivity contribution >= 4 is 26.0 Å². The molecule has 1 atom stereocenters. The van der Waals surface area contributed by atoms with Crippen LogP contribution in [0.25, 0.3) is 0 Å². The molecule has 0 aromatic carbocycles. The lowest BCUT2D eigenvalue weighted by Gasteiger charge is -2.27. The lowest BCUT2D eigenvalue weighted by atomic mass is 9.89. The van der Waals surface area contributed by atoms with Gasteiger partial charge in [-0.15, -0.1) is 0 Å². The van der Waals surface area contributed by atoms with E-state index < -0.39 is 10.0 Å². The van der Waals surface area contributed by atoms with Gasteiger partial charge in [-0.25, -0.2) is 13.1 Å². The molecular weight excluding hydrogens is 356 g/mol. The van der Waals surface area contributed by atoms with Crippen molar-refractivity contribution in [2.75, 3.05) is 0 Å². The summed E-state index contributed by atoms with van der Waals surface area (Å²) in [5.74, 6) is 0.583. The predicted molar refractivity (Wildman–Crippen MR) is 87.6 cm³/mol. The van der Waals surface area contributed by atoms with Crippen molar-refractivity contribution < 1.29 is 12.8 Å². The van der Waals surface area contributed by atoms with E-state index in [0.29, 0.717) is 18.3 Å². The third kappa shape index (κ3) is 5.39. The number of hydrogen-bond donors (Lipinski definition) is 2. The predicted octanol–water partition coefficient (Wildman–Crippen LogP) is 3.25. The Morgan fingerprint density at radius 2 is 1.86 bits per heavy atom. The van der Waals surface area contributed by atoms with Crippen molar-refractivity contribution in [2.45, 2.75) is 65.1 Å². The number of sulfonamides is 1. The molecule has 1 unspecified atom stereocenters. The van der Waals surface area contributed by atoms with Gasteiger partial charge in [0.1, 0.15) is 10.7 Å². The largest absolute Gasteiger partial charge is 0.452 e. The SMILES string of the molecule is CC(C)NCc1cc(S(=O)(=O)NC(C)C(C)(C)C)c(Br)o1. The van der Waals surface area contributed by atoms with Crippen LogP contribution in [0.15, 0.2) is 20.0 Å². The number of hydrogen-bond acceptors (Lipinski definition) is 4. The molecule has 0 saturated heterocycles. The van der Waals surface area contributed by atoms with Gasteiger partial charge in [-0.3, -0.25) is 0 Å². The highest BCUT2D eigenvalue weighted by molar-refractivity contribution is 9.10. The van der Waals surface area contributed by atoms with Gasteiger partial charge in [0.25, 0.3) is 0 Å². The minimum absolute atomic E-state index is 0.138. The van der Waals surface area contributed by atoms with Crippen LogP contribution in [0.4, 0.5) is 0 Å². The Bertz CT molecular complexity index is 574. The molecule has 0 amide bonds. The number of halogens is 1. The summed E-state index contributed by atoms with van der Waals surface area (Å²) >= 11 is 3.19. The first-order chi connectivity index (χ1) is 9.43. The quantitative estimate of drug-likeness (QED) is 0.794. The maximum Gasteiger partial charge on any atom is 0.245 e. The van der Waals surface area contributed by atoms with E-state index in [4.69, 9.17) is 4.42 Å². The van der Waals surface area contributed by atoms with Crippen LogP contribution in [0.5, 0.6) is 0 Å². The van der Waals surface area contributed by atoms with E-state index in [1.54, 1.807) is 6.07 Å². The van der Waals surface area contributed by atoms with Crippen molar-refractivity contribution in [2.24, 2.45) is 5.41 Å². The zero-order valence-corrected chi connectivity index (χ0v) is 15.9. The van der Waals surface area contributed by atoms with E-state index in [1.807, 2.05) is 41.5 Å². The molecule has 122 valence electrons. The summed E-state index contributed by atoms with van der Waals surface area (Å²) in [7, 11) is -3.61. The van der Waals surface area contributed by atoms with E-state index in [9.17, 15) is 8.42 Å². The van der Waals surface area contributed by atoms with Gasteiger partial charge in [0.15, 0.2) is 4.67 Å². The lowest BCUT2D eigenvalue weighted by Crippen LogP contribution is -2.41. The average molecular weight is 381 g/mol. The van der Waals surface area contributed by atoms with Gasteiger partial charge in [0.2, 0.25) is 10.0 Å². The number of nitrogens with one attached hydrogen (secondary N) is 2. The Morgan fingerprint density at radius 3 is 2.33 bits per heavy atom. The molecule has 0 aliphatic rings. The fraction of sp³-hybridized carbons (Fsp3) is 0.714. The molecule has 2 N–H and O–H groups in total. The standard InChI is InChI=1S/C14H25BrN2O3S/c1-9(2)16-8-11-7-12(13(15)20-11)21(18,19)17-10(3)14(4,5)6/h7,9-10,16-17H,8H2,1-6H3. The molecule has 0 fully saturated rings. The van der Waals surface area contributed by atoms with Crippen molar-refractivity contribution in [3.05, 3.63) is 16.5 Å². The van der Waals surface area contributed by atoms with E-state index in [2.05, 4.69) is 26.0 Å². The number of furan rings is 1. The molecule has 0 radical (unpaired) electrons. The molecule has 7 heteroatoms. The van der Waals surface area contributed by atoms with Gasteiger partial charge in [0.05, 0.1) is 6.54 Å². The third-order valence-corrected chi connectivity index (χ3v) is 5.71. The van der Waals surface area contributed by atoms with Crippen molar-refractivity contribution in [1.82, 2.24) is 10.0 Å². The van der Waals surface area contributed by atoms with Crippen molar-refractivity contribution in [3.63, 3.8) is 0 Å². The van der Waals surface area contributed by atoms with Gasteiger partial charge in [-0.1, -0.05) is 34.6 Å². The van der Waals surface area contributed by atoms with Crippen LogP contribution in [-0.4, -0.2) is 20.5 Å². The summed E-state index contributed by atoms with van der Waals surface area (Å²) in [5.41, 5.74) is -0.161. The topological polar surface area (TPSA) is 71.3 Å². The minimum Gasteiger partial charge on any atom is -0.452 e. The lowest BCUT2D eigenvalue weighted by molar-refractivity contribution is 0.317. The summed E-state index contributed by atoms with van der Waals surface area (Å²) in [6.45, 7) is 12.3. The summed E-state index contributed by atoms with van der Waals surface area (Å²) in [4.78, 5) is 0.138. The summed E-state index contributed by atoms with van der Waals surface area (Å²) in [6, 6.07) is 1.66. The summed E-state index contributed by atoms with van der Waals surface area (Å²) < 4.78 is 33.3. The Morgan fingerprint density at radius 1 is 1.29 bits per heavy atom. The van der Waals surface area contributed by atoms with Crippen LogP contribution in [0.1, 0.15) is 47.3 Å². The van der Waals surface area contributed by atoms with Crippen LogP contribution in [0.3, 0.4) is 0 Å². The van der Waals surface area contributed by atoms with Gasteiger partial charge >= 0.3 is 0 Å². The third-order valence-electron chi connectivity index (χ3n) is 3.31. The molecule has 0 spiro atoms. The van der Waals surface area contributed by atoms with Crippen LogP contribution in [-0.2, 0) is 16.6 Å². The second-order valence-electron chi connectivity index (χ2n) is 6.60. The Labute approximate surface area is 136 Å². The number of rotatable bonds is 6. The van der Waals surface area contributed by atoms with Crippen LogP contribution >= 0.6 is 15.9 Å². The minimum atomic E-state index is -3.61. The fourth-order valence-corrected chi connectivity index (χ4v) is 3.89. The molecule has 1 rings (SSSR count). The molecular formula is C14H25BrN2O3S. The Kier molecular flexibility index (Phi) is 6.06. The average Bonchev–Trinajstić information content (AvgIpc) is 2.67. The Balaban J connectivity index is 2.94. The van der Waals surface area contributed by atoms with Crippen molar-refractivity contribution in [3.8, 4) is 0 Å². The molecule has 1 aromatic heterocycles. The summed E-state index contributed by atoms with van der Waals surface area (Å²) in [6.07, 6.45) is 0. The van der Waals surface area contributed by atoms with Crippen LogP contribution in [0.2, 0.25) is 0 Å². The molecule has 1 aromatic rings. The highest BCUT2D eigenvalue weighted by Gasteiger charge is 2.29. The second-order valence-corrected chi connectivity index (χ2v) is 9.00. The molecule has 0 bridgehead atoms. The smallest absolute Gasteiger partial charge is 0.245 e. The highest BCUT2D eigenvalue weighted by Crippen LogP contribution is 2.28. The maximum atomic E-state index is 12.4. The van der Waals surface area contributed by atoms with E-state index >= 15 is 0 Å². The van der Waals surface area contributed by atoms with Crippen LogP contribution < -0.4 is 10.0 Å². The van der Waals surface area contributed by atoms with Gasteiger partial charge in [-0.2, -0.15) is 0 Å². The normalized spacial score (nSPS) is 14.7. The zero-order chi connectivity index (χ0) is 16.4. The van der Waals surface area contributed by atoms with Crippen LogP contribution in [0, 0.1) is 5.41 Å². The first-order valence-corrected chi connectivity index (χ1v) is 9.25. The van der Waals surface area contributed by atoms with Gasteiger partial charge in [-0.05, 0) is 28.3 Å². The first kappa shape index (κ1) is 18.7. The Hall–Kier alpha value is -0.370. The molecule has 21 heavy (non-hydrogen) atoms. The molecule has 0 saturated carbocycles. The van der Waals surface area contributed by atoms with Crippen molar-refractivity contribution in [1.29, 1.82) is 0 Å². The molecule has 5 nitrogen and oxygen atoms in total. The first-order valence-electron chi connectivity index (χ1n) is 6.97. The molecule has 0 aliphatic carbocycles.